The Morgan fingerprint density at radius 2 is 1.62 bits per heavy atom. The van der Waals surface area contributed by atoms with E-state index in [2.05, 4.69) is 15.8 Å². The van der Waals surface area contributed by atoms with E-state index in [1.54, 1.807) is 39.7 Å². The minimum Gasteiger partial charge on any atom is -0.493 e. The van der Waals surface area contributed by atoms with E-state index in [0.717, 1.165) is 11.3 Å². The number of nitrogens with one attached hydrogen (secondary N) is 2. The number of anilines is 1. The van der Waals surface area contributed by atoms with Gasteiger partial charge in [0.2, 0.25) is 5.75 Å². The topological polar surface area (TPSA) is 64.1 Å². The van der Waals surface area contributed by atoms with Gasteiger partial charge in [-0.25, -0.2) is 0 Å². The standard InChI is InChI=1S/C17H19N3O3S/c1-21-14-9-12(10-15(22-2)16(14)23-3)11-18-20-17(24)19-13-7-5-4-6-8-13/h4-11H,1-3H3,(H2,19,20,24)/b18-11-. The number of thiocarbonyl (C=S) groups is 1. The van der Waals surface area contributed by atoms with E-state index in [1.807, 2.05) is 30.3 Å². The Kier molecular flexibility index (Phi) is 6.39. The maximum Gasteiger partial charge on any atom is 0.203 e. The number of para-hydroxylation sites is 1. The lowest BCUT2D eigenvalue weighted by molar-refractivity contribution is 0.324. The van der Waals surface area contributed by atoms with Gasteiger partial charge < -0.3 is 19.5 Å². The fourth-order valence-electron chi connectivity index (χ4n) is 2.02. The molecule has 6 nitrogen and oxygen atoms in total. The molecule has 7 heteroatoms. The molecule has 2 aromatic rings. The number of hydrazone groups is 1. The van der Waals surface area contributed by atoms with E-state index in [-0.39, 0.29) is 0 Å². The quantitative estimate of drug-likeness (QED) is 0.477. The van der Waals surface area contributed by atoms with Gasteiger partial charge >= 0.3 is 0 Å². The molecular formula is C17H19N3O3S. The lowest BCUT2D eigenvalue weighted by Gasteiger charge is -2.12. The molecule has 2 aromatic carbocycles. The van der Waals surface area contributed by atoms with Crippen LogP contribution in [-0.4, -0.2) is 32.7 Å². The SMILES string of the molecule is COc1cc(/C=N\NC(=S)Nc2ccccc2)cc(OC)c1OC. The summed E-state index contributed by atoms with van der Waals surface area (Å²) in [5, 5.41) is 7.54. The fraction of sp³-hybridized carbons (Fsp3) is 0.176. The molecule has 0 aromatic heterocycles. The van der Waals surface area contributed by atoms with Crippen LogP contribution in [0.25, 0.3) is 0 Å². The van der Waals surface area contributed by atoms with Gasteiger partial charge in [-0.2, -0.15) is 5.10 Å². The van der Waals surface area contributed by atoms with E-state index in [4.69, 9.17) is 26.4 Å². The molecule has 0 saturated carbocycles. The molecule has 0 bridgehead atoms. The summed E-state index contributed by atoms with van der Waals surface area (Å²) in [5.41, 5.74) is 4.42. The third kappa shape index (κ3) is 4.60. The lowest BCUT2D eigenvalue weighted by Crippen LogP contribution is -2.23. The summed E-state index contributed by atoms with van der Waals surface area (Å²) in [6.45, 7) is 0. The molecule has 0 radical (unpaired) electrons. The first-order valence-electron chi connectivity index (χ1n) is 7.13. The molecule has 126 valence electrons. The van der Waals surface area contributed by atoms with Gasteiger partial charge in [0, 0.05) is 11.3 Å². The zero-order valence-electron chi connectivity index (χ0n) is 13.7. The van der Waals surface area contributed by atoms with E-state index >= 15 is 0 Å². The van der Waals surface area contributed by atoms with Crippen LogP contribution in [0.3, 0.4) is 0 Å². The summed E-state index contributed by atoms with van der Waals surface area (Å²) < 4.78 is 15.9. The number of rotatable bonds is 6. The predicted molar refractivity (Wildman–Crippen MR) is 99.5 cm³/mol. The number of methoxy groups -OCH3 is 3. The molecule has 0 aliphatic carbocycles. The highest BCUT2D eigenvalue weighted by Crippen LogP contribution is 2.37. The Morgan fingerprint density at radius 3 is 2.17 bits per heavy atom. The van der Waals surface area contributed by atoms with E-state index in [1.165, 1.54) is 0 Å². The van der Waals surface area contributed by atoms with Gasteiger partial charge in [-0.15, -0.1) is 0 Å². The van der Waals surface area contributed by atoms with Crippen LogP contribution in [0.4, 0.5) is 5.69 Å². The minimum absolute atomic E-state index is 0.393. The summed E-state index contributed by atoms with van der Waals surface area (Å²) in [6, 6.07) is 13.2. The molecule has 0 aliphatic rings. The van der Waals surface area contributed by atoms with Crippen molar-refractivity contribution in [3.63, 3.8) is 0 Å². The molecule has 0 fully saturated rings. The second kappa shape index (κ2) is 8.73. The predicted octanol–water partition coefficient (Wildman–Crippen LogP) is 3.03. The van der Waals surface area contributed by atoms with Gasteiger partial charge in [0.15, 0.2) is 16.6 Å². The maximum absolute atomic E-state index is 5.30. The Labute approximate surface area is 146 Å². The monoisotopic (exact) mass is 345 g/mol. The van der Waals surface area contributed by atoms with Gasteiger partial charge in [0.25, 0.3) is 0 Å². The molecule has 2 N–H and O–H groups in total. The van der Waals surface area contributed by atoms with Crippen LogP contribution in [-0.2, 0) is 0 Å². The third-order valence-electron chi connectivity index (χ3n) is 3.10. The smallest absolute Gasteiger partial charge is 0.203 e. The number of nitrogens with zero attached hydrogens (tertiary/aromatic N) is 1. The molecular weight excluding hydrogens is 326 g/mol. The molecule has 0 saturated heterocycles. The molecule has 0 unspecified atom stereocenters. The largest absolute Gasteiger partial charge is 0.493 e. The summed E-state index contributed by atoms with van der Waals surface area (Å²) in [6.07, 6.45) is 1.61. The van der Waals surface area contributed by atoms with Gasteiger partial charge in [-0.1, -0.05) is 18.2 Å². The molecule has 0 spiro atoms. The van der Waals surface area contributed by atoms with Gasteiger partial charge in [-0.05, 0) is 36.5 Å². The highest BCUT2D eigenvalue weighted by Gasteiger charge is 2.12. The average molecular weight is 345 g/mol. The molecule has 0 atom stereocenters. The summed E-state index contributed by atoms with van der Waals surface area (Å²) in [4.78, 5) is 0. The number of hydrogen-bond acceptors (Lipinski definition) is 5. The Bertz CT molecular complexity index is 695. The van der Waals surface area contributed by atoms with Crippen LogP contribution >= 0.6 is 12.2 Å². The van der Waals surface area contributed by atoms with Crippen molar-refractivity contribution in [1.82, 2.24) is 5.43 Å². The minimum atomic E-state index is 0.393. The molecule has 0 aliphatic heterocycles. The summed E-state index contributed by atoms with van der Waals surface area (Å²) >= 11 is 5.18. The zero-order valence-corrected chi connectivity index (χ0v) is 14.5. The maximum atomic E-state index is 5.30. The Balaban J connectivity index is 2.04. The second-order valence-corrected chi connectivity index (χ2v) is 5.06. The first-order chi connectivity index (χ1) is 11.7. The van der Waals surface area contributed by atoms with Gasteiger partial charge in [0.1, 0.15) is 0 Å². The van der Waals surface area contributed by atoms with E-state index in [0.29, 0.717) is 22.4 Å². The normalized spacial score (nSPS) is 10.3. The average Bonchev–Trinajstić information content (AvgIpc) is 2.61. The van der Waals surface area contributed by atoms with Gasteiger partial charge in [-0.3, -0.25) is 5.43 Å². The summed E-state index contributed by atoms with van der Waals surface area (Å²) in [7, 11) is 4.69. The third-order valence-corrected chi connectivity index (χ3v) is 3.29. The van der Waals surface area contributed by atoms with Crippen molar-refractivity contribution in [2.75, 3.05) is 26.6 Å². The van der Waals surface area contributed by atoms with Crippen molar-refractivity contribution in [1.29, 1.82) is 0 Å². The number of benzene rings is 2. The van der Waals surface area contributed by atoms with Crippen LogP contribution < -0.4 is 25.0 Å². The van der Waals surface area contributed by atoms with Crippen molar-refractivity contribution < 1.29 is 14.2 Å². The van der Waals surface area contributed by atoms with Crippen LogP contribution in [0.1, 0.15) is 5.56 Å². The van der Waals surface area contributed by atoms with Crippen LogP contribution in [0.15, 0.2) is 47.6 Å². The molecule has 24 heavy (non-hydrogen) atoms. The van der Waals surface area contributed by atoms with E-state index in [9.17, 15) is 0 Å². The molecule has 2 rings (SSSR count). The number of hydrogen-bond donors (Lipinski definition) is 2. The van der Waals surface area contributed by atoms with Crippen molar-refractivity contribution in [2.24, 2.45) is 5.10 Å². The van der Waals surface area contributed by atoms with Crippen LogP contribution in [0, 0.1) is 0 Å². The van der Waals surface area contributed by atoms with Crippen molar-refractivity contribution in [3.05, 3.63) is 48.0 Å². The number of ether oxygens (including phenoxy) is 3. The van der Waals surface area contributed by atoms with Crippen molar-refractivity contribution >= 4 is 29.2 Å². The highest BCUT2D eigenvalue weighted by atomic mass is 32.1. The zero-order chi connectivity index (χ0) is 17.4. The molecule has 0 amide bonds. The van der Waals surface area contributed by atoms with E-state index < -0.39 is 0 Å². The Hall–Kier alpha value is -2.80. The van der Waals surface area contributed by atoms with Crippen molar-refractivity contribution in [3.8, 4) is 17.2 Å². The first kappa shape index (κ1) is 17.6. The molecule has 0 heterocycles. The lowest BCUT2D eigenvalue weighted by atomic mass is 10.2. The summed E-state index contributed by atoms with van der Waals surface area (Å²) in [5.74, 6) is 1.65. The first-order valence-corrected chi connectivity index (χ1v) is 7.54. The van der Waals surface area contributed by atoms with Crippen LogP contribution in [0.2, 0.25) is 0 Å². The Morgan fingerprint density at radius 1 is 1.00 bits per heavy atom. The fourth-order valence-corrected chi connectivity index (χ4v) is 2.19. The van der Waals surface area contributed by atoms with Crippen LogP contribution in [0.5, 0.6) is 17.2 Å². The highest BCUT2D eigenvalue weighted by molar-refractivity contribution is 7.80. The van der Waals surface area contributed by atoms with Crippen molar-refractivity contribution in [2.45, 2.75) is 0 Å². The second-order valence-electron chi connectivity index (χ2n) is 4.65. The van der Waals surface area contributed by atoms with Gasteiger partial charge in [0.05, 0.1) is 27.5 Å².